The van der Waals surface area contributed by atoms with E-state index in [1.54, 1.807) is 11.3 Å². The number of nitriles is 2. The van der Waals surface area contributed by atoms with Crippen LogP contribution in [0, 0.1) is 22.7 Å². The van der Waals surface area contributed by atoms with E-state index < -0.39 is 0 Å². The second-order valence-electron chi connectivity index (χ2n) is 4.43. The summed E-state index contributed by atoms with van der Waals surface area (Å²) in [6, 6.07) is 3.85. The van der Waals surface area contributed by atoms with Crippen molar-refractivity contribution >= 4 is 17.3 Å². The minimum atomic E-state index is 0.0673. The Morgan fingerprint density at radius 2 is 2.16 bits per heavy atom. The lowest BCUT2D eigenvalue weighted by atomic mass is 10.3. The summed E-state index contributed by atoms with van der Waals surface area (Å²) in [6.07, 6.45) is 2.42. The van der Waals surface area contributed by atoms with Crippen LogP contribution in [0.5, 0.6) is 0 Å². The summed E-state index contributed by atoms with van der Waals surface area (Å²) in [4.78, 5) is 8.42. The molecule has 6 nitrogen and oxygen atoms in total. The van der Waals surface area contributed by atoms with E-state index >= 15 is 0 Å². The molecule has 94 valence electrons. The van der Waals surface area contributed by atoms with Gasteiger partial charge in [0, 0.05) is 11.3 Å². The molecule has 7 heteroatoms. The molecule has 0 saturated heterocycles. The molecule has 0 atom stereocenters. The molecular formula is C12H10N6S. The molecule has 0 bridgehead atoms. The Labute approximate surface area is 113 Å². The molecule has 1 saturated carbocycles. The molecule has 3 rings (SSSR count). The van der Waals surface area contributed by atoms with E-state index in [0.29, 0.717) is 12.5 Å². The fourth-order valence-corrected chi connectivity index (χ4v) is 2.88. The SMILES string of the molecule is N#Cc1nc(N)n(Cc2csc(C3CC3)n2)c1C#N. The van der Waals surface area contributed by atoms with Gasteiger partial charge in [-0.25, -0.2) is 9.97 Å². The number of nitrogen functional groups attached to an aromatic ring is 1. The average molecular weight is 270 g/mol. The number of hydrogen-bond donors (Lipinski definition) is 1. The van der Waals surface area contributed by atoms with Gasteiger partial charge < -0.3 is 5.73 Å². The maximum absolute atomic E-state index is 9.09. The predicted octanol–water partition coefficient (Wildman–Crippen LogP) is 1.59. The number of thiazole rings is 1. The third-order valence-electron chi connectivity index (χ3n) is 3.03. The lowest BCUT2D eigenvalue weighted by Gasteiger charge is -2.02. The van der Waals surface area contributed by atoms with E-state index in [4.69, 9.17) is 16.3 Å². The summed E-state index contributed by atoms with van der Waals surface area (Å²) in [7, 11) is 0. The monoisotopic (exact) mass is 270 g/mol. The van der Waals surface area contributed by atoms with Gasteiger partial charge in [0.1, 0.15) is 12.1 Å². The highest BCUT2D eigenvalue weighted by Crippen LogP contribution is 2.41. The van der Waals surface area contributed by atoms with Gasteiger partial charge in [-0.2, -0.15) is 10.5 Å². The highest BCUT2D eigenvalue weighted by atomic mass is 32.1. The van der Waals surface area contributed by atoms with E-state index in [-0.39, 0.29) is 17.3 Å². The van der Waals surface area contributed by atoms with Crippen molar-refractivity contribution in [1.82, 2.24) is 14.5 Å². The lowest BCUT2D eigenvalue weighted by molar-refractivity contribution is 0.775. The second kappa shape index (κ2) is 4.38. The second-order valence-corrected chi connectivity index (χ2v) is 5.32. The molecule has 19 heavy (non-hydrogen) atoms. The number of hydrogen-bond acceptors (Lipinski definition) is 6. The van der Waals surface area contributed by atoms with Crippen molar-refractivity contribution in [2.75, 3.05) is 5.73 Å². The maximum atomic E-state index is 9.09. The first-order valence-electron chi connectivity index (χ1n) is 5.83. The average Bonchev–Trinajstić information content (AvgIpc) is 3.09. The van der Waals surface area contributed by atoms with Crippen molar-refractivity contribution in [3.05, 3.63) is 27.5 Å². The van der Waals surface area contributed by atoms with Crippen molar-refractivity contribution in [2.24, 2.45) is 0 Å². The van der Waals surface area contributed by atoms with Gasteiger partial charge in [0.05, 0.1) is 17.2 Å². The van der Waals surface area contributed by atoms with E-state index in [1.807, 2.05) is 17.5 Å². The van der Waals surface area contributed by atoms with Gasteiger partial charge in [-0.05, 0) is 12.8 Å². The van der Waals surface area contributed by atoms with Crippen molar-refractivity contribution in [3.8, 4) is 12.1 Å². The molecule has 0 radical (unpaired) electrons. The van der Waals surface area contributed by atoms with Gasteiger partial charge in [0.15, 0.2) is 11.4 Å². The number of anilines is 1. The van der Waals surface area contributed by atoms with Crippen LogP contribution in [0.25, 0.3) is 0 Å². The normalized spacial score (nSPS) is 14.0. The molecule has 2 aromatic rings. The zero-order chi connectivity index (χ0) is 13.4. The Bertz CT molecular complexity index is 710. The summed E-state index contributed by atoms with van der Waals surface area (Å²) in [5.74, 6) is 0.790. The minimum Gasteiger partial charge on any atom is -0.369 e. The molecular weight excluding hydrogens is 260 g/mol. The van der Waals surface area contributed by atoms with E-state index in [1.165, 1.54) is 17.4 Å². The Balaban J connectivity index is 1.92. The molecule has 1 aliphatic carbocycles. The van der Waals surface area contributed by atoms with Crippen molar-refractivity contribution < 1.29 is 0 Å². The summed E-state index contributed by atoms with van der Waals surface area (Å²) in [5, 5.41) is 21.1. The van der Waals surface area contributed by atoms with E-state index in [9.17, 15) is 0 Å². The zero-order valence-electron chi connectivity index (χ0n) is 10.00. The first-order valence-corrected chi connectivity index (χ1v) is 6.71. The molecule has 0 aromatic carbocycles. The summed E-state index contributed by atoms with van der Waals surface area (Å²) < 4.78 is 1.53. The van der Waals surface area contributed by atoms with E-state index in [2.05, 4.69) is 9.97 Å². The molecule has 1 fully saturated rings. The molecule has 1 aliphatic rings. The molecule has 0 amide bonds. The summed E-state index contributed by atoms with van der Waals surface area (Å²) in [5.41, 5.74) is 6.87. The number of rotatable bonds is 3. The Hall–Kier alpha value is -2.38. The zero-order valence-corrected chi connectivity index (χ0v) is 10.8. The van der Waals surface area contributed by atoms with Crippen LogP contribution in [-0.2, 0) is 6.54 Å². The first-order chi connectivity index (χ1) is 9.22. The van der Waals surface area contributed by atoms with Gasteiger partial charge in [-0.1, -0.05) is 0 Å². The van der Waals surface area contributed by atoms with Gasteiger partial charge in [-0.3, -0.25) is 4.57 Å². The Morgan fingerprint density at radius 1 is 1.37 bits per heavy atom. The van der Waals surface area contributed by atoms with Crippen LogP contribution in [0.2, 0.25) is 0 Å². The molecule has 2 aromatic heterocycles. The number of imidazole rings is 1. The van der Waals surface area contributed by atoms with E-state index in [0.717, 1.165) is 10.7 Å². The minimum absolute atomic E-state index is 0.0673. The van der Waals surface area contributed by atoms with Crippen LogP contribution in [0.1, 0.15) is 40.8 Å². The Morgan fingerprint density at radius 3 is 2.79 bits per heavy atom. The predicted molar refractivity (Wildman–Crippen MR) is 69.3 cm³/mol. The van der Waals surface area contributed by atoms with Crippen molar-refractivity contribution in [2.45, 2.75) is 25.3 Å². The maximum Gasteiger partial charge on any atom is 0.202 e. The van der Waals surface area contributed by atoms with Crippen LogP contribution in [0.4, 0.5) is 5.95 Å². The Kier molecular flexibility index (Phi) is 2.69. The topological polar surface area (TPSA) is 104 Å². The van der Waals surface area contributed by atoms with Gasteiger partial charge in [0.2, 0.25) is 5.95 Å². The highest BCUT2D eigenvalue weighted by Gasteiger charge is 2.26. The van der Waals surface area contributed by atoms with Gasteiger partial charge >= 0.3 is 0 Å². The molecule has 0 unspecified atom stereocenters. The van der Waals surface area contributed by atoms with Crippen LogP contribution in [0.3, 0.4) is 0 Å². The highest BCUT2D eigenvalue weighted by molar-refractivity contribution is 7.09. The van der Waals surface area contributed by atoms with Crippen LogP contribution in [0.15, 0.2) is 5.38 Å². The smallest absolute Gasteiger partial charge is 0.202 e. The van der Waals surface area contributed by atoms with Crippen molar-refractivity contribution in [1.29, 1.82) is 10.5 Å². The number of aromatic nitrogens is 3. The number of nitrogens with two attached hydrogens (primary N) is 1. The quantitative estimate of drug-likeness (QED) is 0.911. The van der Waals surface area contributed by atoms with Crippen LogP contribution >= 0.6 is 11.3 Å². The molecule has 0 aliphatic heterocycles. The molecule has 0 spiro atoms. The fourth-order valence-electron chi connectivity index (χ4n) is 1.90. The fraction of sp³-hybridized carbons (Fsp3) is 0.333. The summed E-state index contributed by atoms with van der Waals surface area (Å²) >= 11 is 1.64. The van der Waals surface area contributed by atoms with Crippen LogP contribution in [-0.4, -0.2) is 14.5 Å². The van der Waals surface area contributed by atoms with Gasteiger partial charge in [0.25, 0.3) is 0 Å². The van der Waals surface area contributed by atoms with Crippen molar-refractivity contribution in [3.63, 3.8) is 0 Å². The van der Waals surface area contributed by atoms with Crippen LogP contribution < -0.4 is 5.73 Å². The van der Waals surface area contributed by atoms with Gasteiger partial charge in [-0.15, -0.1) is 11.3 Å². The third-order valence-corrected chi connectivity index (χ3v) is 4.08. The molecule has 2 heterocycles. The lowest BCUT2D eigenvalue weighted by Crippen LogP contribution is -2.07. The number of nitrogens with zero attached hydrogens (tertiary/aromatic N) is 5. The largest absolute Gasteiger partial charge is 0.369 e. The third kappa shape index (κ3) is 2.05. The standard InChI is InChI=1S/C12H10N6S/c13-3-9-10(4-14)18(12(15)17-9)5-8-6-19-11(16-8)7-1-2-7/h6-7H,1-2,5H2,(H2,15,17). The molecule has 2 N–H and O–H groups in total. The summed E-state index contributed by atoms with van der Waals surface area (Å²) in [6.45, 7) is 0.382. The first kappa shape index (κ1) is 11.7.